The standard InChI is InChI=1S/C14H17FO2/c1-14(7-5-10(16)6-8-14)12-4-3-11(17-2)9-13(12)15/h3-4,9H,5-8H2,1-2H3. The third-order valence-electron chi connectivity index (χ3n) is 3.74. The molecule has 2 rings (SSSR count). The predicted molar refractivity (Wildman–Crippen MR) is 63.8 cm³/mol. The second-order valence-corrected chi connectivity index (χ2v) is 4.95. The number of ketones is 1. The lowest BCUT2D eigenvalue weighted by Gasteiger charge is -2.33. The number of ether oxygens (including phenoxy) is 1. The average Bonchev–Trinajstić information content (AvgIpc) is 2.33. The first-order chi connectivity index (χ1) is 8.05. The van der Waals surface area contributed by atoms with Gasteiger partial charge in [0.05, 0.1) is 7.11 Å². The summed E-state index contributed by atoms with van der Waals surface area (Å²) in [5.41, 5.74) is 0.482. The van der Waals surface area contributed by atoms with E-state index >= 15 is 0 Å². The highest BCUT2D eigenvalue weighted by Gasteiger charge is 2.33. The van der Waals surface area contributed by atoms with E-state index in [4.69, 9.17) is 4.74 Å². The first kappa shape index (κ1) is 12.1. The zero-order valence-corrected chi connectivity index (χ0v) is 10.3. The molecule has 1 saturated carbocycles. The van der Waals surface area contributed by atoms with E-state index in [1.54, 1.807) is 12.1 Å². The Kier molecular flexibility index (Phi) is 3.18. The van der Waals surface area contributed by atoms with Crippen LogP contribution in [-0.4, -0.2) is 12.9 Å². The lowest BCUT2D eigenvalue weighted by molar-refractivity contribution is -0.121. The highest BCUT2D eigenvalue weighted by Crippen LogP contribution is 2.39. The lowest BCUT2D eigenvalue weighted by atomic mass is 9.70. The van der Waals surface area contributed by atoms with Crippen molar-refractivity contribution in [1.29, 1.82) is 0 Å². The minimum atomic E-state index is -0.235. The quantitative estimate of drug-likeness (QED) is 0.788. The van der Waals surface area contributed by atoms with E-state index < -0.39 is 0 Å². The molecule has 0 unspecified atom stereocenters. The van der Waals surface area contributed by atoms with E-state index in [2.05, 4.69) is 0 Å². The molecule has 3 heteroatoms. The number of hydrogen-bond donors (Lipinski definition) is 0. The first-order valence-electron chi connectivity index (χ1n) is 5.91. The van der Waals surface area contributed by atoms with Crippen molar-refractivity contribution in [2.45, 2.75) is 38.0 Å². The van der Waals surface area contributed by atoms with Crippen LogP contribution in [0.2, 0.25) is 0 Å². The summed E-state index contributed by atoms with van der Waals surface area (Å²) in [6.07, 6.45) is 2.58. The largest absolute Gasteiger partial charge is 0.497 e. The third kappa shape index (κ3) is 2.33. The molecule has 1 aliphatic rings. The Hall–Kier alpha value is -1.38. The van der Waals surface area contributed by atoms with E-state index in [1.165, 1.54) is 13.2 Å². The molecule has 0 atom stereocenters. The molecule has 0 amide bonds. The van der Waals surface area contributed by atoms with Gasteiger partial charge in [0.15, 0.2) is 0 Å². The lowest BCUT2D eigenvalue weighted by Crippen LogP contribution is -2.29. The van der Waals surface area contributed by atoms with Crippen molar-refractivity contribution in [3.8, 4) is 5.75 Å². The van der Waals surface area contributed by atoms with Crippen LogP contribution in [0.1, 0.15) is 38.2 Å². The van der Waals surface area contributed by atoms with Crippen LogP contribution in [0.15, 0.2) is 18.2 Å². The highest BCUT2D eigenvalue weighted by atomic mass is 19.1. The number of carbonyl (C=O) groups is 1. The molecule has 0 aliphatic heterocycles. The fraction of sp³-hybridized carbons (Fsp3) is 0.500. The molecule has 1 aliphatic carbocycles. The summed E-state index contributed by atoms with van der Waals surface area (Å²) in [6.45, 7) is 2.03. The Balaban J connectivity index is 2.30. The Morgan fingerprint density at radius 1 is 1.29 bits per heavy atom. The first-order valence-corrected chi connectivity index (χ1v) is 5.91. The van der Waals surface area contributed by atoms with Gasteiger partial charge >= 0.3 is 0 Å². The van der Waals surface area contributed by atoms with Gasteiger partial charge in [-0.2, -0.15) is 0 Å². The number of Topliss-reactive ketones (excluding diaryl/α,β-unsaturated/α-hetero) is 1. The van der Waals surface area contributed by atoms with Gasteiger partial charge in [0.1, 0.15) is 17.3 Å². The van der Waals surface area contributed by atoms with E-state index in [9.17, 15) is 9.18 Å². The van der Waals surface area contributed by atoms with Crippen LogP contribution in [0.5, 0.6) is 5.75 Å². The molecule has 0 spiro atoms. The fourth-order valence-corrected chi connectivity index (χ4v) is 2.46. The van der Waals surface area contributed by atoms with Gasteiger partial charge in [0.2, 0.25) is 0 Å². The van der Waals surface area contributed by atoms with Crippen LogP contribution in [0.4, 0.5) is 4.39 Å². The van der Waals surface area contributed by atoms with Crippen LogP contribution < -0.4 is 4.74 Å². The number of benzene rings is 1. The monoisotopic (exact) mass is 236 g/mol. The predicted octanol–water partition coefficient (Wildman–Crippen LogP) is 3.24. The Bertz CT molecular complexity index is 430. The molecule has 0 radical (unpaired) electrons. The SMILES string of the molecule is COc1ccc(C2(C)CCC(=O)CC2)c(F)c1. The minimum absolute atomic E-state index is 0.218. The van der Waals surface area contributed by atoms with Crippen molar-refractivity contribution in [3.05, 3.63) is 29.6 Å². The summed E-state index contributed by atoms with van der Waals surface area (Å²) in [7, 11) is 1.52. The third-order valence-corrected chi connectivity index (χ3v) is 3.74. The van der Waals surface area contributed by atoms with Crippen molar-refractivity contribution in [1.82, 2.24) is 0 Å². The maximum atomic E-state index is 14.0. The second kappa shape index (κ2) is 4.47. The Morgan fingerprint density at radius 2 is 1.94 bits per heavy atom. The van der Waals surface area contributed by atoms with E-state index in [-0.39, 0.29) is 17.0 Å². The molecule has 0 heterocycles. The van der Waals surface area contributed by atoms with Gasteiger partial charge in [-0.05, 0) is 29.9 Å². The molecular weight excluding hydrogens is 219 g/mol. The van der Waals surface area contributed by atoms with Crippen LogP contribution in [0.3, 0.4) is 0 Å². The molecule has 2 nitrogen and oxygen atoms in total. The van der Waals surface area contributed by atoms with E-state index in [1.807, 2.05) is 6.92 Å². The summed E-state index contributed by atoms with van der Waals surface area (Å²) >= 11 is 0. The van der Waals surface area contributed by atoms with Gasteiger partial charge in [-0.15, -0.1) is 0 Å². The summed E-state index contributed by atoms with van der Waals surface area (Å²) in [5, 5.41) is 0. The molecule has 17 heavy (non-hydrogen) atoms. The molecule has 0 bridgehead atoms. The number of rotatable bonds is 2. The second-order valence-electron chi connectivity index (χ2n) is 4.95. The zero-order chi connectivity index (χ0) is 12.5. The number of carbonyl (C=O) groups excluding carboxylic acids is 1. The van der Waals surface area contributed by atoms with Crippen molar-refractivity contribution in [2.24, 2.45) is 0 Å². The molecule has 0 saturated heterocycles. The number of methoxy groups -OCH3 is 1. The van der Waals surface area contributed by atoms with Gasteiger partial charge in [0.25, 0.3) is 0 Å². The van der Waals surface area contributed by atoms with Crippen LogP contribution >= 0.6 is 0 Å². The highest BCUT2D eigenvalue weighted by molar-refractivity contribution is 5.79. The van der Waals surface area contributed by atoms with Crippen LogP contribution in [0.25, 0.3) is 0 Å². The molecule has 1 aromatic carbocycles. The maximum Gasteiger partial charge on any atom is 0.132 e. The van der Waals surface area contributed by atoms with Crippen molar-refractivity contribution in [3.63, 3.8) is 0 Å². The van der Waals surface area contributed by atoms with Gasteiger partial charge in [-0.25, -0.2) is 4.39 Å². The normalized spacial score (nSPS) is 19.1. The fourth-order valence-electron chi connectivity index (χ4n) is 2.46. The van der Waals surface area contributed by atoms with Crippen molar-refractivity contribution in [2.75, 3.05) is 7.11 Å². The summed E-state index contributed by atoms with van der Waals surface area (Å²) in [5.74, 6) is 0.583. The number of hydrogen-bond acceptors (Lipinski definition) is 2. The van der Waals surface area contributed by atoms with Crippen molar-refractivity contribution >= 4 is 5.78 Å². The van der Waals surface area contributed by atoms with Gasteiger partial charge in [-0.3, -0.25) is 4.79 Å². The topological polar surface area (TPSA) is 26.3 Å². The molecule has 92 valence electrons. The van der Waals surface area contributed by atoms with E-state index in [0.717, 1.165) is 12.8 Å². The Labute approximate surface area is 101 Å². The van der Waals surface area contributed by atoms with Gasteiger partial charge in [-0.1, -0.05) is 13.0 Å². The molecule has 1 aromatic rings. The van der Waals surface area contributed by atoms with Gasteiger partial charge < -0.3 is 4.74 Å². The summed E-state index contributed by atoms with van der Waals surface area (Å²) in [4.78, 5) is 11.3. The van der Waals surface area contributed by atoms with Crippen LogP contribution in [0, 0.1) is 5.82 Å². The minimum Gasteiger partial charge on any atom is -0.497 e. The van der Waals surface area contributed by atoms with E-state index in [0.29, 0.717) is 24.2 Å². The zero-order valence-electron chi connectivity index (χ0n) is 10.3. The van der Waals surface area contributed by atoms with Crippen LogP contribution in [-0.2, 0) is 10.2 Å². The average molecular weight is 236 g/mol. The maximum absolute atomic E-state index is 14.0. The Morgan fingerprint density at radius 3 is 2.47 bits per heavy atom. The molecular formula is C14H17FO2. The van der Waals surface area contributed by atoms with Gasteiger partial charge in [0, 0.05) is 18.9 Å². The molecule has 0 N–H and O–H groups in total. The smallest absolute Gasteiger partial charge is 0.132 e. The molecule has 0 aromatic heterocycles. The number of halogens is 1. The summed E-state index contributed by atoms with van der Waals surface area (Å²) < 4.78 is 19.0. The van der Waals surface area contributed by atoms with Crippen molar-refractivity contribution < 1.29 is 13.9 Å². The molecule has 1 fully saturated rings. The summed E-state index contributed by atoms with van der Waals surface area (Å²) in [6, 6.07) is 4.97.